The molecular formula is C14H13N3O. The van der Waals surface area contributed by atoms with Gasteiger partial charge in [-0.15, -0.1) is 0 Å². The highest BCUT2D eigenvalue weighted by Crippen LogP contribution is 2.30. The lowest BCUT2D eigenvalue weighted by molar-refractivity contribution is 0.266. The first-order valence-electron chi connectivity index (χ1n) is 5.64. The zero-order chi connectivity index (χ0) is 13.0. The van der Waals surface area contributed by atoms with Crippen LogP contribution in [0.25, 0.3) is 5.57 Å². The van der Waals surface area contributed by atoms with Crippen molar-refractivity contribution in [2.24, 2.45) is 10.7 Å². The van der Waals surface area contributed by atoms with Crippen LogP contribution in [0.3, 0.4) is 0 Å². The molecule has 1 heterocycles. The Morgan fingerprint density at radius 2 is 2.11 bits per heavy atom. The van der Waals surface area contributed by atoms with Gasteiger partial charge in [0.05, 0.1) is 12.2 Å². The third-order valence-corrected chi connectivity index (χ3v) is 2.54. The lowest BCUT2D eigenvalue weighted by Gasteiger charge is -2.02. The Morgan fingerprint density at radius 1 is 1.39 bits per heavy atom. The van der Waals surface area contributed by atoms with Crippen molar-refractivity contribution in [1.82, 2.24) is 0 Å². The molecule has 0 bridgehead atoms. The van der Waals surface area contributed by atoms with Crippen LogP contribution in [-0.4, -0.2) is 12.4 Å². The minimum absolute atomic E-state index is 0.351. The van der Waals surface area contributed by atoms with Gasteiger partial charge in [-0.25, -0.2) is 4.99 Å². The summed E-state index contributed by atoms with van der Waals surface area (Å²) in [5, 5.41) is 9.25. The average Bonchev–Trinajstić information content (AvgIpc) is 2.73. The number of nitrogens with two attached hydrogens (primary N) is 1. The predicted octanol–water partition coefficient (Wildman–Crippen LogP) is 2.21. The predicted molar refractivity (Wildman–Crippen MR) is 70.3 cm³/mol. The Kier molecular flexibility index (Phi) is 3.44. The molecule has 2 N–H and O–H groups in total. The van der Waals surface area contributed by atoms with Gasteiger partial charge in [0.15, 0.2) is 0 Å². The van der Waals surface area contributed by atoms with Crippen LogP contribution >= 0.6 is 0 Å². The van der Waals surface area contributed by atoms with Crippen molar-refractivity contribution in [2.75, 3.05) is 6.61 Å². The summed E-state index contributed by atoms with van der Waals surface area (Å²) in [6.07, 6.45) is 1.47. The van der Waals surface area contributed by atoms with Crippen LogP contribution in [0.1, 0.15) is 12.5 Å². The van der Waals surface area contributed by atoms with E-state index in [1.165, 1.54) is 6.26 Å². The first-order chi connectivity index (χ1) is 8.77. The number of amidine groups is 1. The molecule has 2 rings (SSSR count). The number of benzene rings is 1. The van der Waals surface area contributed by atoms with Crippen LogP contribution in [0.2, 0.25) is 0 Å². The Hall–Kier alpha value is -2.54. The molecule has 0 aliphatic carbocycles. The molecule has 0 radical (unpaired) electrons. The molecule has 1 aliphatic rings. The summed E-state index contributed by atoms with van der Waals surface area (Å²) in [5.41, 5.74) is 8.37. The van der Waals surface area contributed by atoms with E-state index in [0.717, 1.165) is 5.56 Å². The van der Waals surface area contributed by atoms with Crippen molar-refractivity contribution < 1.29 is 4.74 Å². The zero-order valence-corrected chi connectivity index (χ0v) is 10.1. The average molecular weight is 239 g/mol. The highest BCUT2D eigenvalue weighted by molar-refractivity contribution is 6.26. The SMILES string of the molecule is CCOC=C1N=C(N)C(c2ccccc2)=C1C#N. The van der Waals surface area contributed by atoms with Crippen molar-refractivity contribution in [3.8, 4) is 6.07 Å². The molecule has 0 aromatic heterocycles. The molecule has 0 saturated heterocycles. The second-order valence-electron chi connectivity index (χ2n) is 3.68. The van der Waals surface area contributed by atoms with Gasteiger partial charge in [-0.3, -0.25) is 0 Å². The molecule has 4 nitrogen and oxygen atoms in total. The maximum Gasteiger partial charge on any atom is 0.133 e. The van der Waals surface area contributed by atoms with Crippen molar-refractivity contribution >= 4 is 11.4 Å². The van der Waals surface area contributed by atoms with E-state index in [9.17, 15) is 5.26 Å². The second kappa shape index (κ2) is 5.19. The minimum Gasteiger partial charge on any atom is -0.499 e. The maximum absolute atomic E-state index is 9.25. The standard InChI is InChI=1S/C14H13N3O/c1-2-18-9-12-11(8-15)13(14(16)17-12)10-6-4-3-5-7-10/h3-7,9H,2H2,1H3,(H2,16,17). The highest BCUT2D eigenvalue weighted by atomic mass is 16.5. The Balaban J connectivity index is 2.51. The number of aliphatic imine (C=N–C) groups is 1. The van der Waals surface area contributed by atoms with Gasteiger partial charge in [0.2, 0.25) is 0 Å². The van der Waals surface area contributed by atoms with Crippen LogP contribution in [0.4, 0.5) is 0 Å². The summed E-state index contributed by atoms with van der Waals surface area (Å²) >= 11 is 0. The molecule has 0 fully saturated rings. The number of nitriles is 1. The second-order valence-corrected chi connectivity index (χ2v) is 3.68. The van der Waals surface area contributed by atoms with Crippen LogP contribution in [-0.2, 0) is 4.74 Å². The van der Waals surface area contributed by atoms with Gasteiger partial charge in [0.1, 0.15) is 23.9 Å². The summed E-state index contributed by atoms with van der Waals surface area (Å²) in [5.74, 6) is 0.351. The summed E-state index contributed by atoms with van der Waals surface area (Å²) < 4.78 is 5.17. The molecule has 1 aromatic carbocycles. The fraction of sp³-hybridized carbons (Fsp3) is 0.143. The molecule has 0 saturated carbocycles. The van der Waals surface area contributed by atoms with Gasteiger partial charge in [-0.1, -0.05) is 30.3 Å². The summed E-state index contributed by atoms with van der Waals surface area (Å²) in [7, 11) is 0. The van der Waals surface area contributed by atoms with Gasteiger partial charge in [-0.05, 0) is 12.5 Å². The molecule has 0 amide bonds. The fourth-order valence-electron chi connectivity index (χ4n) is 1.76. The molecular weight excluding hydrogens is 226 g/mol. The Labute approximate surface area is 106 Å². The van der Waals surface area contributed by atoms with Crippen LogP contribution < -0.4 is 5.73 Å². The smallest absolute Gasteiger partial charge is 0.133 e. The van der Waals surface area contributed by atoms with E-state index >= 15 is 0 Å². The van der Waals surface area contributed by atoms with Gasteiger partial charge in [-0.2, -0.15) is 5.26 Å². The summed E-state index contributed by atoms with van der Waals surface area (Å²) in [6, 6.07) is 11.6. The van der Waals surface area contributed by atoms with Gasteiger partial charge >= 0.3 is 0 Å². The molecule has 0 unspecified atom stereocenters. The first kappa shape index (κ1) is 11.9. The minimum atomic E-state index is 0.351. The zero-order valence-electron chi connectivity index (χ0n) is 10.1. The van der Waals surface area contributed by atoms with E-state index in [2.05, 4.69) is 11.1 Å². The fourth-order valence-corrected chi connectivity index (χ4v) is 1.76. The number of nitrogens with zero attached hydrogens (tertiary/aromatic N) is 2. The number of ether oxygens (including phenoxy) is 1. The normalized spacial score (nSPS) is 16.7. The lowest BCUT2D eigenvalue weighted by Crippen LogP contribution is -2.11. The first-order valence-corrected chi connectivity index (χ1v) is 5.64. The Bertz CT molecular complexity index is 577. The van der Waals surface area contributed by atoms with E-state index < -0.39 is 0 Å². The third kappa shape index (κ3) is 2.11. The molecule has 1 aromatic rings. The van der Waals surface area contributed by atoms with Crippen molar-refractivity contribution in [3.63, 3.8) is 0 Å². The van der Waals surface area contributed by atoms with E-state index in [4.69, 9.17) is 10.5 Å². The van der Waals surface area contributed by atoms with Gasteiger partial charge in [0, 0.05) is 5.57 Å². The monoisotopic (exact) mass is 239 g/mol. The van der Waals surface area contributed by atoms with E-state index in [0.29, 0.717) is 29.3 Å². The Morgan fingerprint density at radius 3 is 2.72 bits per heavy atom. The van der Waals surface area contributed by atoms with Crippen molar-refractivity contribution in [1.29, 1.82) is 5.26 Å². The maximum atomic E-state index is 9.25. The van der Waals surface area contributed by atoms with Gasteiger partial charge < -0.3 is 10.5 Å². The van der Waals surface area contributed by atoms with Crippen LogP contribution in [0.15, 0.2) is 52.9 Å². The molecule has 0 atom stereocenters. The quantitative estimate of drug-likeness (QED) is 0.822. The summed E-state index contributed by atoms with van der Waals surface area (Å²) in [6.45, 7) is 2.39. The van der Waals surface area contributed by atoms with E-state index in [1.807, 2.05) is 37.3 Å². The molecule has 1 aliphatic heterocycles. The molecule has 4 heteroatoms. The topological polar surface area (TPSA) is 71.4 Å². The van der Waals surface area contributed by atoms with Crippen molar-refractivity contribution in [2.45, 2.75) is 6.92 Å². The molecule has 90 valence electrons. The van der Waals surface area contributed by atoms with Crippen LogP contribution in [0.5, 0.6) is 0 Å². The highest BCUT2D eigenvalue weighted by Gasteiger charge is 2.23. The van der Waals surface area contributed by atoms with Crippen molar-refractivity contribution in [3.05, 3.63) is 53.4 Å². The number of hydrogen-bond donors (Lipinski definition) is 1. The number of allylic oxidation sites excluding steroid dienone is 1. The number of rotatable bonds is 3. The summed E-state index contributed by atoms with van der Waals surface area (Å²) in [4.78, 5) is 4.17. The van der Waals surface area contributed by atoms with Crippen LogP contribution in [0, 0.1) is 11.3 Å². The van der Waals surface area contributed by atoms with E-state index in [1.54, 1.807) is 0 Å². The largest absolute Gasteiger partial charge is 0.499 e. The lowest BCUT2D eigenvalue weighted by atomic mass is 10.0. The number of hydrogen-bond acceptors (Lipinski definition) is 4. The van der Waals surface area contributed by atoms with Gasteiger partial charge in [0.25, 0.3) is 0 Å². The van der Waals surface area contributed by atoms with E-state index in [-0.39, 0.29) is 0 Å². The molecule has 18 heavy (non-hydrogen) atoms. The molecule has 0 spiro atoms. The third-order valence-electron chi connectivity index (χ3n) is 2.54.